The second-order valence-corrected chi connectivity index (χ2v) is 3.90. The summed E-state index contributed by atoms with van der Waals surface area (Å²) in [5, 5.41) is 3.40. The number of aromatic nitrogens is 1. The summed E-state index contributed by atoms with van der Waals surface area (Å²) in [7, 11) is 1.72. The van der Waals surface area contributed by atoms with Crippen molar-refractivity contribution < 1.29 is 4.74 Å². The number of methoxy groups -OCH3 is 1. The molecular weight excluding hydrogens is 202 g/mol. The van der Waals surface area contributed by atoms with Crippen LogP contribution in [0, 0.1) is 0 Å². The van der Waals surface area contributed by atoms with Gasteiger partial charge in [-0.2, -0.15) is 0 Å². The van der Waals surface area contributed by atoms with E-state index in [1.165, 1.54) is 0 Å². The normalized spacial score (nSPS) is 14.7. The standard InChI is InChI=1S/C12H21N3O/c1-4-15-12(7-9(2)16-3)10-8-14-6-5-11(10)13/h5-6,8-9,12,15H,4,7H2,1-3H3,(H2,13,14). The molecule has 1 aromatic rings. The van der Waals surface area contributed by atoms with E-state index in [1.54, 1.807) is 13.3 Å². The molecule has 1 aromatic heterocycles. The molecule has 2 atom stereocenters. The number of ether oxygens (including phenoxy) is 1. The molecule has 0 saturated heterocycles. The molecule has 0 aliphatic carbocycles. The molecule has 3 N–H and O–H groups in total. The van der Waals surface area contributed by atoms with Gasteiger partial charge in [0.15, 0.2) is 0 Å². The van der Waals surface area contributed by atoms with E-state index >= 15 is 0 Å². The lowest BCUT2D eigenvalue weighted by atomic mass is 10.0. The van der Waals surface area contributed by atoms with Crippen LogP contribution in [0.5, 0.6) is 0 Å². The van der Waals surface area contributed by atoms with E-state index in [1.807, 2.05) is 12.3 Å². The van der Waals surface area contributed by atoms with Crippen molar-refractivity contribution in [3.05, 3.63) is 24.0 Å². The van der Waals surface area contributed by atoms with Crippen LogP contribution in [0.4, 0.5) is 5.69 Å². The average molecular weight is 223 g/mol. The first-order chi connectivity index (χ1) is 7.69. The van der Waals surface area contributed by atoms with Crippen LogP contribution in [0.3, 0.4) is 0 Å². The van der Waals surface area contributed by atoms with Crippen molar-refractivity contribution in [3.8, 4) is 0 Å². The number of rotatable bonds is 6. The Kier molecular flexibility index (Phi) is 5.22. The Hall–Kier alpha value is -1.13. The highest BCUT2D eigenvalue weighted by Gasteiger charge is 2.16. The zero-order chi connectivity index (χ0) is 12.0. The van der Waals surface area contributed by atoms with E-state index in [0.29, 0.717) is 0 Å². The van der Waals surface area contributed by atoms with Gasteiger partial charge in [0, 0.05) is 36.8 Å². The number of pyridine rings is 1. The lowest BCUT2D eigenvalue weighted by molar-refractivity contribution is 0.101. The molecule has 1 heterocycles. The third kappa shape index (κ3) is 3.47. The monoisotopic (exact) mass is 223 g/mol. The fourth-order valence-electron chi connectivity index (χ4n) is 1.70. The fourth-order valence-corrected chi connectivity index (χ4v) is 1.70. The van der Waals surface area contributed by atoms with Gasteiger partial charge >= 0.3 is 0 Å². The number of nitrogens with two attached hydrogens (primary N) is 1. The number of nitrogens with one attached hydrogen (secondary N) is 1. The molecule has 0 aromatic carbocycles. The van der Waals surface area contributed by atoms with Gasteiger partial charge in [0.05, 0.1) is 6.10 Å². The molecule has 0 aliphatic rings. The molecular formula is C12H21N3O. The predicted octanol–water partition coefficient (Wildman–Crippen LogP) is 1.74. The zero-order valence-electron chi connectivity index (χ0n) is 10.2. The molecule has 0 spiro atoms. The van der Waals surface area contributed by atoms with Crippen LogP contribution in [0.2, 0.25) is 0 Å². The summed E-state index contributed by atoms with van der Waals surface area (Å²) >= 11 is 0. The summed E-state index contributed by atoms with van der Waals surface area (Å²) in [5.74, 6) is 0. The van der Waals surface area contributed by atoms with E-state index < -0.39 is 0 Å². The second kappa shape index (κ2) is 6.45. The van der Waals surface area contributed by atoms with Crippen molar-refractivity contribution in [2.24, 2.45) is 0 Å². The predicted molar refractivity (Wildman–Crippen MR) is 66.2 cm³/mol. The van der Waals surface area contributed by atoms with Crippen LogP contribution in [-0.2, 0) is 4.74 Å². The molecule has 16 heavy (non-hydrogen) atoms. The van der Waals surface area contributed by atoms with Gasteiger partial charge < -0.3 is 15.8 Å². The molecule has 0 fully saturated rings. The molecule has 2 unspecified atom stereocenters. The molecule has 0 radical (unpaired) electrons. The van der Waals surface area contributed by atoms with Gasteiger partial charge in [-0.05, 0) is 26.0 Å². The quantitative estimate of drug-likeness (QED) is 0.771. The molecule has 4 heteroatoms. The maximum atomic E-state index is 5.95. The summed E-state index contributed by atoms with van der Waals surface area (Å²) < 4.78 is 5.29. The minimum atomic E-state index is 0.198. The third-order valence-electron chi connectivity index (χ3n) is 2.68. The van der Waals surface area contributed by atoms with Gasteiger partial charge in [-0.3, -0.25) is 4.98 Å². The first kappa shape index (κ1) is 12.9. The molecule has 0 aliphatic heterocycles. The highest BCUT2D eigenvalue weighted by molar-refractivity contribution is 5.46. The SMILES string of the molecule is CCNC(CC(C)OC)c1cnccc1N. The number of anilines is 1. The van der Waals surface area contributed by atoms with Crippen molar-refractivity contribution in [2.45, 2.75) is 32.4 Å². The largest absolute Gasteiger partial charge is 0.398 e. The van der Waals surface area contributed by atoms with Gasteiger partial charge in [0.1, 0.15) is 0 Å². The van der Waals surface area contributed by atoms with Gasteiger partial charge in [-0.1, -0.05) is 6.92 Å². The average Bonchev–Trinajstić information content (AvgIpc) is 2.29. The van der Waals surface area contributed by atoms with Gasteiger partial charge in [-0.15, -0.1) is 0 Å². The minimum absolute atomic E-state index is 0.198. The first-order valence-electron chi connectivity index (χ1n) is 5.64. The van der Waals surface area contributed by atoms with E-state index in [2.05, 4.69) is 24.1 Å². The van der Waals surface area contributed by atoms with Crippen LogP contribution < -0.4 is 11.1 Å². The van der Waals surface area contributed by atoms with Crippen molar-refractivity contribution in [3.63, 3.8) is 0 Å². The Balaban J connectivity index is 2.80. The maximum absolute atomic E-state index is 5.95. The summed E-state index contributed by atoms with van der Waals surface area (Å²) in [4.78, 5) is 4.12. The number of hydrogen-bond donors (Lipinski definition) is 2. The van der Waals surface area contributed by atoms with E-state index in [-0.39, 0.29) is 12.1 Å². The Labute approximate surface area is 97.2 Å². The van der Waals surface area contributed by atoms with Crippen LogP contribution in [0.15, 0.2) is 18.5 Å². The smallest absolute Gasteiger partial charge is 0.0561 e. The zero-order valence-corrected chi connectivity index (χ0v) is 10.2. The van der Waals surface area contributed by atoms with Gasteiger partial charge in [0.2, 0.25) is 0 Å². The van der Waals surface area contributed by atoms with Crippen LogP contribution in [-0.4, -0.2) is 24.7 Å². The molecule has 0 amide bonds. The van der Waals surface area contributed by atoms with Gasteiger partial charge in [-0.25, -0.2) is 0 Å². The fraction of sp³-hybridized carbons (Fsp3) is 0.583. The van der Waals surface area contributed by atoms with Crippen molar-refractivity contribution >= 4 is 5.69 Å². The second-order valence-electron chi connectivity index (χ2n) is 3.90. The Morgan fingerprint density at radius 2 is 2.31 bits per heavy atom. The van der Waals surface area contributed by atoms with E-state index in [9.17, 15) is 0 Å². The highest BCUT2D eigenvalue weighted by Crippen LogP contribution is 2.23. The number of hydrogen-bond acceptors (Lipinski definition) is 4. The van der Waals surface area contributed by atoms with E-state index in [4.69, 9.17) is 10.5 Å². The number of nitrogen functional groups attached to an aromatic ring is 1. The number of nitrogens with zero attached hydrogens (tertiary/aromatic N) is 1. The molecule has 90 valence electrons. The highest BCUT2D eigenvalue weighted by atomic mass is 16.5. The topological polar surface area (TPSA) is 60.2 Å². The van der Waals surface area contributed by atoms with E-state index in [0.717, 1.165) is 24.2 Å². The third-order valence-corrected chi connectivity index (χ3v) is 2.68. The Morgan fingerprint density at radius 1 is 1.56 bits per heavy atom. The van der Waals surface area contributed by atoms with Crippen molar-refractivity contribution in [1.82, 2.24) is 10.3 Å². The molecule has 4 nitrogen and oxygen atoms in total. The van der Waals surface area contributed by atoms with Crippen LogP contribution >= 0.6 is 0 Å². The Morgan fingerprint density at radius 3 is 2.88 bits per heavy atom. The summed E-state index contributed by atoms with van der Waals surface area (Å²) in [5.41, 5.74) is 7.78. The maximum Gasteiger partial charge on any atom is 0.0561 e. The summed E-state index contributed by atoms with van der Waals surface area (Å²) in [6.07, 6.45) is 4.62. The lowest BCUT2D eigenvalue weighted by Gasteiger charge is -2.22. The van der Waals surface area contributed by atoms with Crippen molar-refractivity contribution in [2.75, 3.05) is 19.4 Å². The first-order valence-corrected chi connectivity index (χ1v) is 5.64. The molecule has 1 rings (SSSR count). The van der Waals surface area contributed by atoms with Crippen molar-refractivity contribution in [1.29, 1.82) is 0 Å². The van der Waals surface area contributed by atoms with Gasteiger partial charge in [0.25, 0.3) is 0 Å². The Bertz CT molecular complexity index is 317. The summed E-state index contributed by atoms with van der Waals surface area (Å²) in [6, 6.07) is 2.03. The molecule has 0 bridgehead atoms. The van der Waals surface area contributed by atoms with Crippen LogP contribution in [0.25, 0.3) is 0 Å². The lowest BCUT2D eigenvalue weighted by Crippen LogP contribution is -2.26. The minimum Gasteiger partial charge on any atom is -0.398 e. The van der Waals surface area contributed by atoms with Crippen LogP contribution in [0.1, 0.15) is 31.9 Å². The summed E-state index contributed by atoms with van der Waals surface area (Å²) in [6.45, 7) is 5.03. The molecule has 0 saturated carbocycles.